The van der Waals surface area contributed by atoms with Gasteiger partial charge in [0.15, 0.2) is 0 Å². The van der Waals surface area contributed by atoms with Crippen molar-refractivity contribution >= 4 is 17.4 Å². The maximum atomic E-state index is 5.43. The summed E-state index contributed by atoms with van der Waals surface area (Å²) in [6.45, 7) is 3.25. The van der Waals surface area contributed by atoms with Crippen LogP contribution in [0.4, 0.5) is 0 Å². The van der Waals surface area contributed by atoms with Crippen LogP contribution in [-0.2, 0) is 6.42 Å². The quantitative estimate of drug-likeness (QED) is 0.420. The van der Waals surface area contributed by atoms with E-state index in [1.165, 1.54) is 5.56 Å². The van der Waals surface area contributed by atoms with E-state index in [4.69, 9.17) is 4.74 Å². The standard InChI is InChI=1S/C11H13NOS/c1-2-10-3-5-11(6-4-10)13-8-7-12-9-14/h3-6H,2,7-8H2,1H3. The highest BCUT2D eigenvalue weighted by Gasteiger charge is 1.92. The molecule has 0 aromatic heterocycles. The highest BCUT2D eigenvalue weighted by atomic mass is 32.1. The zero-order valence-electron chi connectivity index (χ0n) is 8.19. The molecule has 0 spiro atoms. The molecule has 0 bridgehead atoms. The van der Waals surface area contributed by atoms with Crippen LogP contribution >= 0.6 is 12.2 Å². The van der Waals surface area contributed by atoms with Gasteiger partial charge in [0.1, 0.15) is 12.4 Å². The molecule has 3 heteroatoms. The van der Waals surface area contributed by atoms with Crippen LogP contribution in [0.15, 0.2) is 29.3 Å². The number of aryl methyl sites for hydroxylation is 1. The fraction of sp³-hybridized carbons (Fsp3) is 0.364. The van der Waals surface area contributed by atoms with Gasteiger partial charge in [-0.05, 0) is 36.3 Å². The number of thiocarbonyl (C=S) groups is 1. The Kier molecular flexibility index (Phi) is 4.90. The molecule has 0 N–H and O–H groups in total. The summed E-state index contributed by atoms with van der Waals surface area (Å²) in [6, 6.07) is 8.08. The number of nitrogens with zero attached hydrogens (tertiary/aromatic N) is 1. The molecule has 1 rings (SSSR count). The van der Waals surface area contributed by atoms with Gasteiger partial charge in [-0.25, -0.2) is 4.99 Å². The monoisotopic (exact) mass is 207 g/mol. The predicted octanol–water partition coefficient (Wildman–Crippen LogP) is 2.73. The minimum absolute atomic E-state index is 0.551. The summed E-state index contributed by atoms with van der Waals surface area (Å²) in [5.41, 5.74) is 1.31. The number of benzene rings is 1. The van der Waals surface area contributed by atoms with Gasteiger partial charge in [0.2, 0.25) is 0 Å². The van der Waals surface area contributed by atoms with Gasteiger partial charge in [-0.2, -0.15) is 0 Å². The van der Waals surface area contributed by atoms with E-state index in [9.17, 15) is 0 Å². The molecule has 0 amide bonds. The summed E-state index contributed by atoms with van der Waals surface area (Å²) in [6.07, 6.45) is 1.05. The predicted molar refractivity (Wildman–Crippen MR) is 61.2 cm³/mol. The van der Waals surface area contributed by atoms with Crippen molar-refractivity contribution in [3.63, 3.8) is 0 Å². The second-order valence-electron chi connectivity index (χ2n) is 2.82. The Morgan fingerprint density at radius 3 is 2.64 bits per heavy atom. The Morgan fingerprint density at radius 1 is 1.36 bits per heavy atom. The minimum atomic E-state index is 0.551. The van der Waals surface area contributed by atoms with E-state index in [0.717, 1.165) is 12.2 Å². The second-order valence-corrected chi connectivity index (χ2v) is 3.00. The maximum Gasteiger partial charge on any atom is 0.119 e. The molecule has 1 aromatic rings. The van der Waals surface area contributed by atoms with Crippen molar-refractivity contribution in [1.29, 1.82) is 0 Å². The van der Waals surface area contributed by atoms with Crippen molar-refractivity contribution in [2.24, 2.45) is 4.99 Å². The van der Waals surface area contributed by atoms with E-state index in [1.807, 2.05) is 12.1 Å². The van der Waals surface area contributed by atoms with Gasteiger partial charge in [0.05, 0.1) is 11.7 Å². The van der Waals surface area contributed by atoms with Crippen LogP contribution < -0.4 is 4.74 Å². The van der Waals surface area contributed by atoms with E-state index in [1.54, 1.807) is 0 Å². The van der Waals surface area contributed by atoms with Gasteiger partial charge < -0.3 is 4.74 Å². The molecule has 0 aliphatic carbocycles. The van der Waals surface area contributed by atoms with E-state index in [-0.39, 0.29) is 0 Å². The molecule has 0 saturated carbocycles. The van der Waals surface area contributed by atoms with Gasteiger partial charge >= 0.3 is 0 Å². The highest BCUT2D eigenvalue weighted by Crippen LogP contribution is 2.12. The number of hydrogen-bond acceptors (Lipinski definition) is 3. The molecule has 0 heterocycles. The summed E-state index contributed by atoms with van der Waals surface area (Å²) in [5, 5.41) is 2.30. The first-order chi connectivity index (χ1) is 6.86. The third kappa shape index (κ3) is 3.69. The Labute approximate surface area is 89.6 Å². The van der Waals surface area contributed by atoms with Crippen LogP contribution in [0.5, 0.6) is 5.75 Å². The lowest BCUT2D eigenvalue weighted by molar-refractivity contribution is 0.329. The van der Waals surface area contributed by atoms with Gasteiger partial charge in [0, 0.05) is 0 Å². The molecule has 0 aliphatic heterocycles. The molecular formula is C11H13NOS. The minimum Gasteiger partial charge on any atom is -0.492 e. The first-order valence-electron chi connectivity index (χ1n) is 4.62. The lowest BCUT2D eigenvalue weighted by Gasteiger charge is -2.04. The van der Waals surface area contributed by atoms with E-state index >= 15 is 0 Å². The zero-order valence-corrected chi connectivity index (χ0v) is 9.01. The van der Waals surface area contributed by atoms with Crippen LogP contribution in [0.2, 0.25) is 0 Å². The smallest absolute Gasteiger partial charge is 0.119 e. The number of isothiocyanates is 1. The van der Waals surface area contributed by atoms with Crippen LogP contribution in [0.3, 0.4) is 0 Å². The Balaban J connectivity index is 2.39. The molecule has 0 unspecified atom stereocenters. The van der Waals surface area contributed by atoms with Crippen LogP contribution in [0, 0.1) is 0 Å². The summed E-state index contributed by atoms with van der Waals surface area (Å²) in [5.74, 6) is 0.877. The average molecular weight is 207 g/mol. The largest absolute Gasteiger partial charge is 0.492 e. The summed E-state index contributed by atoms with van der Waals surface area (Å²) >= 11 is 4.44. The normalized spacial score (nSPS) is 9.21. The fourth-order valence-corrected chi connectivity index (χ4v) is 1.17. The van der Waals surface area contributed by atoms with Crippen molar-refractivity contribution in [3.8, 4) is 5.75 Å². The number of ether oxygens (including phenoxy) is 1. The molecule has 2 nitrogen and oxygen atoms in total. The SMILES string of the molecule is CCc1ccc(OCCN=C=S)cc1. The van der Waals surface area contributed by atoms with Gasteiger partial charge in [0.25, 0.3) is 0 Å². The van der Waals surface area contributed by atoms with E-state index in [2.05, 4.69) is 41.4 Å². The molecule has 0 fully saturated rings. The van der Waals surface area contributed by atoms with E-state index < -0.39 is 0 Å². The second kappa shape index (κ2) is 6.30. The molecule has 0 atom stereocenters. The van der Waals surface area contributed by atoms with Gasteiger partial charge in [-0.1, -0.05) is 19.1 Å². The third-order valence-electron chi connectivity index (χ3n) is 1.87. The highest BCUT2D eigenvalue weighted by molar-refractivity contribution is 7.78. The number of hydrogen-bond donors (Lipinski definition) is 0. The summed E-state index contributed by atoms with van der Waals surface area (Å²) in [4.78, 5) is 3.76. The van der Waals surface area contributed by atoms with Crippen molar-refractivity contribution in [1.82, 2.24) is 0 Å². The zero-order chi connectivity index (χ0) is 10.2. The summed E-state index contributed by atoms with van der Waals surface area (Å²) < 4.78 is 5.43. The molecule has 14 heavy (non-hydrogen) atoms. The maximum absolute atomic E-state index is 5.43. The Bertz CT molecular complexity index is 315. The first kappa shape index (κ1) is 10.9. The lowest BCUT2D eigenvalue weighted by atomic mass is 10.2. The molecule has 1 aromatic carbocycles. The van der Waals surface area contributed by atoms with Gasteiger partial charge in [-0.3, -0.25) is 0 Å². The van der Waals surface area contributed by atoms with Crippen molar-refractivity contribution in [2.75, 3.05) is 13.2 Å². The summed E-state index contributed by atoms with van der Waals surface area (Å²) in [7, 11) is 0. The lowest BCUT2D eigenvalue weighted by Crippen LogP contribution is -2.00. The van der Waals surface area contributed by atoms with E-state index in [0.29, 0.717) is 13.2 Å². The fourth-order valence-electron chi connectivity index (χ4n) is 1.08. The molecule has 0 aliphatic rings. The Hall–Kier alpha value is -1.18. The molecule has 0 saturated heterocycles. The van der Waals surface area contributed by atoms with Gasteiger partial charge in [-0.15, -0.1) is 0 Å². The van der Waals surface area contributed by atoms with Crippen molar-refractivity contribution < 1.29 is 4.74 Å². The average Bonchev–Trinajstić information content (AvgIpc) is 2.25. The molecule has 0 radical (unpaired) electrons. The topological polar surface area (TPSA) is 21.6 Å². The number of rotatable bonds is 5. The van der Waals surface area contributed by atoms with Crippen LogP contribution in [-0.4, -0.2) is 18.3 Å². The number of aliphatic imine (C=N–C) groups is 1. The Morgan fingerprint density at radius 2 is 2.07 bits per heavy atom. The van der Waals surface area contributed by atoms with Crippen LogP contribution in [0.1, 0.15) is 12.5 Å². The van der Waals surface area contributed by atoms with Crippen LogP contribution in [0.25, 0.3) is 0 Å². The van der Waals surface area contributed by atoms with Crippen molar-refractivity contribution in [2.45, 2.75) is 13.3 Å². The first-order valence-corrected chi connectivity index (χ1v) is 5.03. The third-order valence-corrected chi connectivity index (χ3v) is 2.00. The molecule has 74 valence electrons. The van der Waals surface area contributed by atoms with Crippen molar-refractivity contribution in [3.05, 3.63) is 29.8 Å². The molecular weight excluding hydrogens is 194 g/mol.